The Morgan fingerprint density at radius 1 is 0.955 bits per heavy atom. The molecule has 2 aromatic carbocycles. The van der Waals surface area contributed by atoms with Gasteiger partial charge in [0.2, 0.25) is 0 Å². The summed E-state index contributed by atoms with van der Waals surface area (Å²) < 4.78 is 58.1. The number of nitrogens with two attached hydrogens (primary N) is 1. The summed E-state index contributed by atoms with van der Waals surface area (Å²) in [6.07, 6.45) is 0. The number of nitrogens with one attached hydrogen (secondary N) is 1. The second-order valence-corrected chi connectivity index (χ2v) is 7.73. The molecule has 0 atom stereocenters. The average molecular weight is 342 g/mol. The lowest BCUT2D eigenvalue weighted by Gasteiger charge is -2.11. The molecule has 2 rings (SSSR count). The molecule has 4 N–H and O–H groups in total. The number of hydrogen-bond acceptors (Lipinski definition) is 5. The minimum Gasteiger partial charge on any atom is -0.399 e. The molecule has 0 heterocycles. The fourth-order valence-electron chi connectivity index (χ4n) is 1.72. The summed E-state index contributed by atoms with van der Waals surface area (Å²) in [6.45, 7) is 1.61. The van der Waals surface area contributed by atoms with Crippen LogP contribution in [0.4, 0.5) is 11.4 Å². The summed E-state index contributed by atoms with van der Waals surface area (Å²) in [7, 11) is -8.32. The van der Waals surface area contributed by atoms with E-state index in [9.17, 15) is 16.8 Å². The average Bonchev–Trinajstić information content (AvgIpc) is 2.40. The van der Waals surface area contributed by atoms with Crippen molar-refractivity contribution in [2.24, 2.45) is 0 Å². The third-order valence-electron chi connectivity index (χ3n) is 2.94. The van der Waals surface area contributed by atoms with Crippen LogP contribution >= 0.6 is 0 Å². The fraction of sp³-hybridized carbons (Fsp3) is 0.0769. The van der Waals surface area contributed by atoms with E-state index in [2.05, 4.69) is 4.72 Å². The van der Waals surface area contributed by atoms with Crippen molar-refractivity contribution >= 4 is 31.5 Å². The van der Waals surface area contributed by atoms with Crippen LogP contribution in [0.3, 0.4) is 0 Å². The molecule has 22 heavy (non-hydrogen) atoms. The van der Waals surface area contributed by atoms with Gasteiger partial charge in [-0.3, -0.25) is 9.27 Å². The Hall–Kier alpha value is -2.10. The molecular formula is C13H14N2O5S2. The number of nitrogen functional groups attached to an aromatic ring is 1. The molecule has 0 radical (unpaired) electrons. The van der Waals surface area contributed by atoms with Crippen molar-refractivity contribution in [2.45, 2.75) is 16.7 Å². The van der Waals surface area contributed by atoms with Crippen molar-refractivity contribution in [3.05, 3.63) is 48.0 Å². The van der Waals surface area contributed by atoms with E-state index in [0.717, 1.165) is 6.07 Å². The minimum absolute atomic E-state index is 0.0154. The van der Waals surface area contributed by atoms with Crippen molar-refractivity contribution in [3.8, 4) is 0 Å². The molecule has 0 fully saturated rings. The quantitative estimate of drug-likeness (QED) is 0.572. The second-order valence-electron chi connectivity index (χ2n) is 4.63. The monoisotopic (exact) mass is 342 g/mol. The highest BCUT2D eigenvalue weighted by Crippen LogP contribution is 2.23. The first-order chi connectivity index (χ1) is 10.1. The van der Waals surface area contributed by atoms with Crippen LogP contribution in [0.5, 0.6) is 0 Å². The van der Waals surface area contributed by atoms with Gasteiger partial charge in [-0.1, -0.05) is 6.07 Å². The molecule has 0 bridgehead atoms. The zero-order valence-electron chi connectivity index (χ0n) is 11.5. The first kappa shape index (κ1) is 16.3. The molecule has 2 aromatic rings. The van der Waals surface area contributed by atoms with E-state index in [1.54, 1.807) is 6.92 Å². The summed E-state index contributed by atoms with van der Waals surface area (Å²) >= 11 is 0. The maximum absolute atomic E-state index is 12.3. The van der Waals surface area contributed by atoms with Gasteiger partial charge in [0, 0.05) is 5.69 Å². The topological polar surface area (TPSA) is 127 Å². The Morgan fingerprint density at radius 3 is 2.05 bits per heavy atom. The molecule has 7 nitrogen and oxygen atoms in total. The van der Waals surface area contributed by atoms with E-state index in [1.165, 1.54) is 36.4 Å². The van der Waals surface area contributed by atoms with Gasteiger partial charge >= 0.3 is 0 Å². The van der Waals surface area contributed by atoms with E-state index < -0.39 is 25.0 Å². The zero-order chi connectivity index (χ0) is 16.5. The SMILES string of the molecule is Cc1ccc(S(=O)(=O)O)cc1NS(=O)(=O)c1ccc(N)cc1. The lowest BCUT2D eigenvalue weighted by Crippen LogP contribution is -2.14. The van der Waals surface area contributed by atoms with Crippen molar-refractivity contribution in [2.75, 3.05) is 10.5 Å². The lowest BCUT2D eigenvalue weighted by molar-refractivity contribution is 0.483. The molecule has 9 heteroatoms. The maximum Gasteiger partial charge on any atom is 0.294 e. The Kier molecular flexibility index (Phi) is 4.14. The number of sulfonamides is 1. The largest absolute Gasteiger partial charge is 0.399 e. The third-order valence-corrected chi connectivity index (χ3v) is 5.17. The molecular weight excluding hydrogens is 328 g/mol. The van der Waals surface area contributed by atoms with Gasteiger partial charge < -0.3 is 5.73 Å². The highest BCUT2D eigenvalue weighted by Gasteiger charge is 2.17. The Bertz CT molecular complexity index is 904. The van der Waals surface area contributed by atoms with Crippen LogP contribution in [0.15, 0.2) is 52.3 Å². The van der Waals surface area contributed by atoms with Crippen LogP contribution in [-0.2, 0) is 20.1 Å². The van der Waals surface area contributed by atoms with Gasteiger partial charge in [0.25, 0.3) is 20.1 Å². The van der Waals surface area contributed by atoms with Gasteiger partial charge in [0.05, 0.1) is 15.5 Å². The Balaban J connectivity index is 2.43. The standard InChI is InChI=1S/C13H14N2O5S2/c1-9-2-5-12(22(18,19)20)8-13(9)15-21(16,17)11-6-3-10(14)4-7-11/h2-8,15H,14H2,1H3,(H,18,19,20). The predicted molar refractivity (Wildman–Crippen MR) is 82.7 cm³/mol. The van der Waals surface area contributed by atoms with Gasteiger partial charge in [-0.25, -0.2) is 8.42 Å². The van der Waals surface area contributed by atoms with Crippen LogP contribution in [0.25, 0.3) is 0 Å². The van der Waals surface area contributed by atoms with Gasteiger partial charge in [-0.15, -0.1) is 0 Å². The fourth-order valence-corrected chi connectivity index (χ4v) is 3.35. The van der Waals surface area contributed by atoms with Crippen LogP contribution in [-0.4, -0.2) is 21.4 Å². The summed E-state index contributed by atoms with van der Waals surface area (Å²) in [4.78, 5) is -0.411. The normalized spacial score (nSPS) is 12.1. The molecule has 0 saturated heterocycles. The van der Waals surface area contributed by atoms with Gasteiger partial charge in [0.15, 0.2) is 0 Å². The summed E-state index contributed by atoms with van der Waals surface area (Å²) in [5.41, 5.74) is 6.49. The molecule has 118 valence electrons. The lowest BCUT2D eigenvalue weighted by atomic mass is 10.2. The molecule has 0 amide bonds. The van der Waals surface area contributed by atoms with Gasteiger partial charge in [-0.2, -0.15) is 8.42 Å². The number of hydrogen-bond donors (Lipinski definition) is 3. The highest BCUT2D eigenvalue weighted by atomic mass is 32.2. The second kappa shape index (κ2) is 5.59. The van der Waals surface area contributed by atoms with Gasteiger partial charge in [-0.05, 0) is 48.9 Å². The first-order valence-corrected chi connectivity index (χ1v) is 8.98. The number of aryl methyl sites for hydroxylation is 1. The van der Waals surface area contributed by atoms with Crippen LogP contribution in [0.1, 0.15) is 5.56 Å². The molecule has 0 aliphatic heterocycles. The summed E-state index contributed by atoms with van der Waals surface area (Å²) in [5.74, 6) is 0. The number of rotatable bonds is 4. The van der Waals surface area contributed by atoms with E-state index in [4.69, 9.17) is 10.3 Å². The number of benzene rings is 2. The van der Waals surface area contributed by atoms with Crippen molar-refractivity contribution < 1.29 is 21.4 Å². The van der Waals surface area contributed by atoms with Crippen molar-refractivity contribution in [1.29, 1.82) is 0 Å². The summed E-state index contributed by atoms with van der Waals surface area (Å²) in [5, 5.41) is 0. The van der Waals surface area contributed by atoms with Gasteiger partial charge in [0.1, 0.15) is 0 Å². The molecule has 0 aromatic heterocycles. The maximum atomic E-state index is 12.3. The van der Waals surface area contributed by atoms with E-state index in [1.807, 2.05) is 0 Å². The van der Waals surface area contributed by atoms with E-state index >= 15 is 0 Å². The van der Waals surface area contributed by atoms with Crippen LogP contribution < -0.4 is 10.5 Å². The zero-order valence-corrected chi connectivity index (χ0v) is 13.1. The summed E-state index contributed by atoms with van der Waals surface area (Å²) in [6, 6.07) is 9.18. The van der Waals surface area contributed by atoms with Crippen molar-refractivity contribution in [3.63, 3.8) is 0 Å². The molecule has 0 aliphatic rings. The Morgan fingerprint density at radius 2 is 1.50 bits per heavy atom. The van der Waals surface area contributed by atoms with Crippen LogP contribution in [0, 0.1) is 6.92 Å². The predicted octanol–water partition coefficient (Wildman–Crippen LogP) is 1.62. The van der Waals surface area contributed by atoms with E-state index in [0.29, 0.717) is 11.3 Å². The van der Waals surface area contributed by atoms with Crippen molar-refractivity contribution in [1.82, 2.24) is 0 Å². The third kappa shape index (κ3) is 3.56. The smallest absolute Gasteiger partial charge is 0.294 e. The van der Waals surface area contributed by atoms with E-state index in [-0.39, 0.29) is 10.6 Å². The number of anilines is 2. The molecule has 0 aliphatic carbocycles. The molecule has 0 saturated carbocycles. The van der Waals surface area contributed by atoms with Crippen LogP contribution in [0.2, 0.25) is 0 Å². The minimum atomic E-state index is -4.42. The highest BCUT2D eigenvalue weighted by molar-refractivity contribution is 7.92. The Labute approximate surface area is 128 Å². The molecule has 0 unspecified atom stereocenters. The molecule has 0 spiro atoms. The first-order valence-electron chi connectivity index (χ1n) is 6.06.